The molecule has 0 amide bonds. The van der Waals surface area contributed by atoms with Crippen molar-refractivity contribution in [2.24, 2.45) is 0 Å². The molecule has 0 aliphatic heterocycles. The van der Waals surface area contributed by atoms with Gasteiger partial charge in [0.05, 0.1) is 24.0 Å². The average Bonchev–Trinajstić information content (AvgIpc) is 2.97. The van der Waals surface area contributed by atoms with Gasteiger partial charge in [-0.25, -0.2) is 14.5 Å². The van der Waals surface area contributed by atoms with Crippen LogP contribution in [0.1, 0.15) is 29.8 Å². The van der Waals surface area contributed by atoms with Gasteiger partial charge in [0, 0.05) is 0 Å². The highest BCUT2D eigenvalue weighted by atomic mass is 16.6. The molecule has 0 unspecified atom stereocenters. The van der Waals surface area contributed by atoms with E-state index >= 15 is 0 Å². The third kappa shape index (κ3) is 4.13. The lowest BCUT2D eigenvalue weighted by Gasteiger charge is -2.10. The van der Waals surface area contributed by atoms with Crippen molar-refractivity contribution in [1.29, 1.82) is 0 Å². The molecule has 0 fully saturated rings. The van der Waals surface area contributed by atoms with Crippen molar-refractivity contribution in [3.05, 3.63) is 42.0 Å². The van der Waals surface area contributed by atoms with Gasteiger partial charge in [-0.3, -0.25) is 0 Å². The topological polar surface area (TPSA) is 66.2 Å². The predicted molar refractivity (Wildman–Crippen MR) is 77.5 cm³/mol. The van der Waals surface area contributed by atoms with Crippen LogP contribution >= 0.6 is 0 Å². The van der Waals surface area contributed by atoms with E-state index in [1.165, 1.54) is 6.33 Å². The summed E-state index contributed by atoms with van der Waals surface area (Å²) in [4.78, 5) is 15.8. The third-order valence-electron chi connectivity index (χ3n) is 2.87. The fourth-order valence-electron chi connectivity index (χ4n) is 1.87. The number of rotatable bonds is 6. The summed E-state index contributed by atoms with van der Waals surface area (Å²) in [6, 6.07) is 5.32. The highest BCUT2D eigenvalue weighted by Gasteiger charge is 2.10. The van der Waals surface area contributed by atoms with Crippen LogP contribution < -0.4 is 0 Å². The molecule has 0 saturated carbocycles. The first-order valence-corrected chi connectivity index (χ1v) is 6.82. The lowest BCUT2D eigenvalue weighted by Crippen LogP contribution is -2.14. The summed E-state index contributed by atoms with van der Waals surface area (Å²) >= 11 is 0. The highest BCUT2D eigenvalue weighted by molar-refractivity contribution is 5.90. The van der Waals surface area contributed by atoms with E-state index in [-0.39, 0.29) is 18.7 Å². The molecule has 2 aromatic rings. The van der Waals surface area contributed by atoms with Crippen molar-refractivity contribution < 1.29 is 14.3 Å². The van der Waals surface area contributed by atoms with Gasteiger partial charge >= 0.3 is 5.97 Å². The lowest BCUT2D eigenvalue weighted by molar-refractivity contribution is 0.0177. The monoisotopic (exact) mass is 289 g/mol. The maximum atomic E-state index is 11.9. The molecule has 0 N–H and O–H groups in total. The molecule has 2 rings (SSSR count). The average molecular weight is 289 g/mol. The Balaban J connectivity index is 1.98. The zero-order chi connectivity index (χ0) is 15.2. The Morgan fingerprint density at radius 2 is 2.14 bits per heavy atom. The van der Waals surface area contributed by atoms with Crippen LogP contribution in [0, 0.1) is 6.92 Å². The number of ether oxygens (including phenoxy) is 2. The number of aromatic nitrogens is 3. The van der Waals surface area contributed by atoms with Gasteiger partial charge in [0.25, 0.3) is 0 Å². The van der Waals surface area contributed by atoms with Gasteiger partial charge in [-0.15, -0.1) is 0 Å². The van der Waals surface area contributed by atoms with Crippen LogP contribution in [0.5, 0.6) is 0 Å². The van der Waals surface area contributed by atoms with E-state index in [4.69, 9.17) is 9.47 Å². The normalized spacial score (nSPS) is 10.9. The standard InChI is InChI=1S/C15H19N3O3/c1-11(2)20-6-7-21-15(19)13-4-5-14(12(3)8-13)18-10-16-9-17-18/h4-5,8-11H,6-7H2,1-3H3. The molecule has 0 spiro atoms. The number of carbonyl (C=O) groups is 1. The minimum Gasteiger partial charge on any atom is -0.460 e. The van der Waals surface area contributed by atoms with Gasteiger partial charge in [-0.1, -0.05) is 0 Å². The molecule has 0 saturated heterocycles. The molecule has 112 valence electrons. The number of benzene rings is 1. The second-order valence-corrected chi connectivity index (χ2v) is 4.90. The van der Waals surface area contributed by atoms with Gasteiger partial charge in [0.15, 0.2) is 0 Å². The van der Waals surface area contributed by atoms with Gasteiger partial charge in [-0.2, -0.15) is 5.10 Å². The number of esters is 1. The molecule has 6 heteroatoms. The third-order valence-corrected chi connectivity index (χ3v) is 2.87. The smallest absolute Gasteiger partial charge is 0.338 e. The van der Waals surface area contributed by atoms with E-state index in [1.54, 1.807) is 23.1 Å². The van der Waals surface area contributed by atoms with E-state index in [2.05, 4.69) is 10.1 Å². The summed E-state index contributed by atoms with van der Waals surface area (Å²) in [5.41, 5.74) is 2.32. The van der Waals surface area contributed by atoms with Gasteiger partial charge in [-0.05, 0) is 44.5 Å². The first-order chi connectivity index (χ1) is 10.1. The van der Waals surface area contributed by atoms with Crippen LogP contribution in [0.3, 0.4) is 0 Å². The molecule has 0 atom stereocenters. The summed E-state index contributed by atoms with van der Waals surface area (Å²) in [6.07, 6.45) is 3.22. The zero-order valence-electron chi connectivity index (χ0n) is 12.4. The number of hydrogen-bond acceptors (Lipinski definition) is 5. The molecule has 21 heavy (non-hydrogen) atoms. The molecule has 0 aliphatic rings. The number of hydrogen-bond donors (Lipinski definition) is 0. The van der Waals surface area contributed by atoms with Crippen LogP contribution in [0.25, 0.3) is 5.69 Å². The molecule has 1 aromatic heterocycles. The van der Waals surface area contributed by atoms with Gasteiger partial charge < -0.3 is 9.47 Å². The lowest BCUT2D eigenvalue weighted by atomic mass is 10.1. The highest BCUT2D eigenvalue weighted by Crippen LogP contribution is 2.15. The second kappa shape index (κ2) is 6.99. The number of aryl methyl sites for hydroxylation is 1. The minimum atomic E-state index is -0.351. The largest absolute Gasteiger partial charge is 0.460 e. The fourth-order valence-corrected chi connectivity index (χ4v) is 1.87. The first kappa shape index (κ1) is 15.2. The number of nitrogens with zero attached hydrogens (tertiary/aromatic N) is 3. The van der Waals surface area contributed by atoms with Crippen LogP contribution in [-0.4, -0.2) is 40.1 Å². The Kier molecular flexibility index (Phi) is 5.05. The van der Waals surface area contributed by atoms with Crippen LogP contribution in [0.4, 0.5) is 0 Å². The first-order valence-electron chi connectivity index (χ1n) is 6.82. The van der Waals surface area contributed by atoms with E-state index in [9.17, 15) is 4.79 Å². The minimum absolute atomic E-state index is 0.132. The Morgan fingerprint density at radius 1 is 1.33 bits per heavy atom. The molecule has 0 radical (unpaired) electrons. The summed E-state index contributed by atoms with van der Waals surface area (Å²) in [5.74, 6) is -0.351. The second-order valence-electron chi connectivity index (χ2n) is 4.90. The zero-order valence-corrected chi connectivity index (χ0v) is 12.4. The Morgan fingerprint density at radius 3 is 2.76 bits per heavy atom. The molecule has 1 heterocycles. The van der Waals surface area contributed by atoms with Crippen molar-refractivity contribution in [3.8, 4) is 5.69 Å². The van der Waals surface area contributed by atoms with E-state index in [1.807, 2.05) is 26.8 Å². The van der Waals surface area contributed by atoms with Crippen LogP contribution in [-0.2, 0) is 9.47 Å². The van der Waals surface area contributed by atoms with Crippen LogP contribution in [0.2, 0.25) is 0 Å². The molecular weight excluding hydrogens is 270 g/mol. The predicted octanol–water partition coefficient (Wildman–Crippen LogP) is 2.16. The maximum absolute atomic E-state index is 11.9. The van der Waals surface area contributed by atoms with Crippen molar-refractivity contribution in [2.45, 2.75) is 26.9 Å². The molecule has 6 nitrogen and oxygen atoms in total. The Bertz CT molecular complexity index is 594. The van der Waals surface area contributed by atoms with Crippen molar-refractivity contribution in [2.75, 3.05) is 13.2 Å². The maximum Gasteiger partial charge on any atom is 0.338 e. The fraction of sp³-hybridized carbons (Fsp3) is 0.400. The number of carbonyl (C=O) groups excluding carboxylic acids is 1. The van der Waals surface area contributed by atoms with Gasteiger partial charge in [0.1, 0.15) is 19.3 Å². The van der Waals surface area contributed by atoms with E-state index < -0.39 is 0 Å². The SMILES string of the molecule is Cc1cc(C(=O)OCCOC(C)C)ccc1-n1cncn1. The summed E-state index contributed by atoms with van der Waals surface area (Å²) in [6.45, 7) is 6.44. The van der Waals surface area contributed by atoms with Crippen molar-refractivity contribution in [3.63, 3.8) is 0 Å². The van der Waals surface area contributed by atoms with Crippen molar-refractivity contribution >= 4 is 5.97 Å². The molecule has 1 aromatic carbocycles. The quantitative estimate of drug-likeness (QED) is 0.602. The Hall–Kier alpha value is -2.21. The molecule has 0 bridgehead atoms. The summed E-state index contributed by atoms with van der Waals surface area (Å²) in [7, 11) is 0. The van der Waals surface area contributed by atoms with Crippen LogP contribution in [0.15, 0.2) is 30.9 Å². The summed E-state index contributed by atoms with van der Waals surface area (Å²) in [5, 5.41) is 4.07. The van der Waals surface area contributed by atoms with E-state index in [0.717, 1.165) is 11.3 Å². The molecule has 0 aliphatic carbocycles. The van der Waals surface area contributed by atoms with Gasteiger partial charge in [0.2, 0.25) is 0 Å². The van der Waals surface area contributed by atoms with E-state index in [0.29, 0.717) is 12.2 Å². The van der Waals surface area contributed by atoms with Crippen molar-refractivity contribution in [1.82, 2.24) is 14.8 Å². The molecular formula is C15H19N3O3. The summed E-state index contributed by atoms with van der Waals surface area (Å²) < 4.78 is 12.1. The Labute approximate surface area is 123 Å².